The molecule has 0 radical (unpaired) electrons. The number of hydrogen-bond acceptors (Lipinski definition) is 6. The molecule has 50 heavy (non-hydrogen) atoms. The van der Waals surface area contributed by atoms with Gasteiger partial charge in [-0.1, -0.05) is 201 Å². The molecule has 0 bridgehead atoms. The smallest absolute Gasteiger partial charge is 0.306 e. The lowest BCUT2D eigenvalue weighted by Crippen LogP contribution is -2.30. The number of rotatable bonds is 39. The maximum Gasteiger partial charge on any atom is 0.306 e. The minimum Gasteiger partial charge on any atom is -0.462 e. The lowest BCUT2D eigenvalue weighted by Gasteiger charge is -2.18. The van der Waals surface area contributed by atoms with Crippen molar-refractivity contribution in [2.75, 3.05) is 13.2 Å². The van der Waals surface area contributed by atoms with Gasteiger partial charge in [-0.15, -0.1) is 0 Å². The molecule has 0 heterocycles. The average Bonchev–Trinajstić information content (AvgIpc) is 3.09. The maximum atomic E-state index is 12.5. The molecule has 0 fully saturated rings. The Kier molecular flexibility index (Phi) is 37.4. The first-order valence-corrected chi connectivity index (χ1v) is 21.9. The first kappa shape index (κ1) is 48.4. The Bertz CT molecular complexity index is 751. The quantitative estimate of drug-likeness (QED) is 0.0359. The Morgan fingerprint density at radius 2 is 0.660 bits per heavy atom. The molecule has 0 spiro atoms. The first-order chi connectivity index (χ1) is 24.4. The van der Waals surface area contributed by atoms with Crippen molar-refractivity contribution in [3.63, 3.8) is 0 Å². The highest BCUT2D eigenvalue weighted by Crippen LogP contribution is 2.16. The highest BCUT2D eigenvalue weighted by atomic mass is 16.6. The van der Waals surface area contributed by atoms with Gasteiger partial charge in [0.15, 0.2) is 6.10 Å². The molecule has 0 aliphatic carbocycles. The second-order valence-electron chi connectivity index (χ2n) is 15.5. The van der Waals surface area contributed by atoms with Crippen LogP contribution in [0.5, 0.6) is 0 Å². The minimum atomic E-state index is -0.757. The zero-order valence-electron chi connectivity index (χ0n) is 33.9. The van der Waals surface area contributed by atoms with E-state index in [0.29, 0.717) is 19.3 Å². The predicted molar refractivity (Wildman–Crippen MR) is 210 cm³/mol. The van der Waals surface area contributed by atoms with E-state index in [9.17, 15) is 14.4 Å². The van der Waals surface area contributed by atoms with Gasteiger partial charge in [0.1, 0.15) is 13.2 Å². The number of ether oxygens (including phenoxy) is 3. The number of hydrogen-bond donors (Lipinski definition) is 0. The highest BCUT2D eigenvalue weighted by Gasteiger charge is 2.19. The van der Waals surface area contributed by atoms with Crippen LogP contribution in [-0.2, 0) is 28.6 Å². The van der Waals surface area contributed by atoms with Gasteiger partial charge in [-0.05, 0) is 25.2 Å². The van der Waals surface area contributed by atoms with E-state index >= 15 is 0 Å². The van der Waals surface area contributed by atoms with E-state index in [1.165, 1.54) is 128 Å². The van der Waals surface area contributed by atoms with Crippen LogP contribution in [0.25, 0.3) is 0 Å². The first-order valence-electron chi connectivity index (χ1n) is 21.9. The molecule has 1 atom stereocenters. The fourth-order valence-electron chi connectivity index (χ4n) is 6.45. The molecule has 0 aromatic rings. The van der Waals surface area contributed by atoms with E-state index in [4.69, 9.17) is 14.2 Å². The van der Waals surface area contributed by atoms with Crippen LogP contribution in [0.2, 0.25) is 0 Å². The fraction of sp³-hybridized carbons (Fsp3) is 0.932. The molecule has 0 aromatic heterocycles. The lowest BCUT2D eigenvalue weighted by molar-refractivity contribution is -0.167. The summed E-state index contributed by atoms with van der Waals surface area (Å²) in [5.41, 5.74) is 0. The summed E-state index contributed by atoms with van der Waals surface area (Å²) in [4.78, 5) is 37.4. The molecule has 296 valence electrons. The third kappa shape index (κ3) is 37.7. The number of unbranched alkanes of at least 4 members (excludes halogenated alkanes) is 26. The summed E-state index contributed by atoms with van der Waals surface area (Å²) < 4.78 is 16.6. The second-order valence-corrected chi connectivity index (χ2v) is 15.5. The van der Waals surface area contributed by atoms with E-state index < -0.39 is 6.10 Å². The Labute approximate surface area is 310 Å². The summed E-state index contributed by atoms with van der Waals surface area (Å²) in [6.45, 7) is 8.89. The summed E-state index contributed by atoms with van der Waals surface area (Å²) >= 11 is 0. The van der Waals surface area contributed by atoms with E-state index in [-0.39, 0.29) is 31.1 Å². The highest BCUT2D eigenvalue weighted by molar-refractivity contribution is 5.71. The van der Waals surface area contributed by atoms with Crippen LogP contribution in [0.4, 0.5) is 0 Å². The Balaban J connectivity index is 4.15. The monoisotopic (exact) mass is 709 g/mol. The Morgan fingerprint density at radius 3 is 0.980 bits per heavy atom. The molecule has 6 nitrogen and oxygen atoms in total. The van der Waals surface area contributed by atoms with Crippen LogP contribution < -0.4 is 0 Å². The number of carbonyl (C=O) groups is 3. The van der Waals surface area contributed by atoms with Crippen LogP contribution >= 0.6 is 0 Å². The van der Waals surface area contributed by atoms with Crippen LogP contribution in [-0.4, -0.2) is 37.2 Å². The Morgan fingerprint density at radius 1 is 0.380 bits per heavy atom. The van der Waals surface area contributed by atoms with E-state index in [2.05, 4.69) is 27.7 Å². The van der Waals surface area contributed by atoms with Crippen LogP contribution in [0.15, 0.2) is 0 Å². The predicted octanol–water partition coefficient (Wildman–Crippen LogP) is 13.6. The SMILES string of the molecule is CCCCCCCCCCCCCCCCCC(=O)OC[C@@H](COC(=O)CCCCCCCCCCCC(C)C)OC(=O)CCCCCCC. The normalized spacial score (nSPS) is 11.9. The average molecular weight is 709 g/mol. The summed E-state index contributed by atoms with van der Waals surface area (Å²) in [5.74, 6) is -0.0633. The number of carbonyl (C=O) groups excluding carboxylic acids is 3. The van der Waals surface area contributed by atoms with Crippen LogP contribution in [0.3, 0.4) is 0 Å². The Hall–Kier alpha value is -1.59. The van der Waals surface area contributed by atoms with Gasteiger partial charge in [0.05, 0.1) is 0 Å². The molecule has 0 saturated heterocycles. The van der Waals surface area contributed by atoms with Crippen molar-refractivity contribution in [3.8, 4) is 0 Å². The summed E-state index contributed by atoms with van der Waals surface area (Å²) in [6.07, 6.45) is 36.9. The summed E-state index contributed by atoms with van der Waals surface area (Å²) in [5, 5.41) is 0. The molecule has 0 saturated carbocycles. The van der Waals surface area contributed by atoms with Gasteiger partial charge < -0.3 is 14.2 Å². The van der Waals surface area contributed by atoms with E-state index in [1.54, 1.807) is 0 Å². The molecule has 0 aliphatic rings. The van der Waals surface area contributed by atoms with Crippen molar-refractivity contribution in [2.45, 2.75) is 246 Å². The lowest BCUT2D eigenvalue weighted by atomic mass is 10.0. The third-order valence-electron chi connectivity index (χ3n) is 9.79. The standard InChI is InChI=1S/C44H84O6/c1-5-7-9-11-12-13-14-15-16-17-18-21-24-28-31-35-42(45)48-38-41(50-44(47)37-33-26-10-8-6-2)39-49-43(46)36-32-29-25-22-19-20-23-27-30-34-40(3)4/h40-41H,5-39H2,1-4H3/t41-/m0/s1. The van der Waals surface area contributed by atoms with Gasteiger partial charge in [-0.25, -0.2) is 0 Å². The van der Waals surface area contributed by atoms with Crippen molar-refractivity contribution in [1.82, 2.24) is 0 Å². The van der Waals surface area contributed by atoms with Crippen molar-refractivity contribution in [1.29, 1.82) is 0 Å². The van der Waals surface area contributed by atoms with Crippen LogP contribution in [0.1, 0.15) is 240 Å². The van der Waals surface area contributed by atoms with Gasteiger partial charge in [0, 0.05) is 19.3 Å². The van der Waals surface area contributed by atoms with Gasteiger partial charge in [-0.3, -0.25) is 14.4 Å². The zero-order chi connectivity index (χ0) is 36.8. The van der Waals surface area contributed by atoms with Crippen molar-refractivity contribution in [2.24, 2.45) is 5.92 Å². The molecular weight excluding hydrogens is 624 g/mol. The van der Waals surface area contributed by atoms with Gasteiger partial charge >= 0.3 is 17.9 Å². The maximum absolute atomic E-state index is 12.5. The van der Waals surface area contributed by atoms with Crippen molar-refractivity contribution in [3.05, 3.63) is 0 Å². The minimum absolute atomic E-state index is 0.0656. The largest absolute Gasteiger partial charge is 0.462 e. The number of esters is 3. The molecule has 0 unspecified atom stereocenters. The molecule has 0 N–H and O–H groups in total. The molecule has 6 heteroatoms. The molecule has 0 aliphatic heterocycles. The zero-order valence-corrected chi connectivity index (χ0v) is 33.9. The van der Waals surface area contributed by atoms with E-state index in [1.807, 2.05) is 0 Å². The second kappa shape index (κ2) is 38.6. The molecule has 0 amide bonds. The fourth-order valence-corrected chi connectivity index (χ4v) is 6.45. The van der Waals surface area contributed by atoms with Crippen LogP contribution in [0, 0.1) is 5.92 Å². The van der Waals surface area contributed by atoms with Gasteiger partial charge in [0.2, 0.25) is 0 Å². The van der Waals surface area contributed by atoms with E-state index in [0.717, 1.165) is 70.1 Å². The van der Waals surface area contributed by atoms with Crippen molar-refractivity contribution >= 4 is 17.9 Å². The van der Waals surface area contributed by atoms with Gasteiger partial charge in [0.25, 0.3) is 0 Å². The molecule has 0 aromatic carbocycles. The third-order valence-corrected chi connectivity index (χ3v) is 9.79. The topological polar surface area (TPSA) is 78.9 Å². The molecular formula is C44H84O6. The molecule has 0 rings (SSSR count). The summed E-state index contributed by atoms with van der Waals surface area (Å²) in [6, 6.07) is 0. The van der Waals surface area contributed by atoms with Gasteiger partial charge in [-0.2, -0.15) is 0 Å². The van der Waals surface area contributed by atoms with Crippen molar-refractivity contribution < 1.29 is 28.6 Å². The summed E-state index contributed by atoms with van der Waals surface area (Å²) in [7, 11) is 0.